The first-order chi connectivity index (χ1) is 16.7. The SMILES string of the molecule is COc1ccc(/C=C2\Oc3cc(OCC(=O)N[C@@H](C(=O)O)C(C)O)ccc3C2=O)c(OC)c1OC. The number of Topliss-reactive ketones (excluding diaryl/α,β-unsaturated/α-hetero) is 1. The summed E-state index contributed by atoms with van der Waals surface area (Å²) in [7, 11) is 4.43. The molecule has 11 heteroatoms. The number of ketones is 1. The molecule has 0 bridgehead atoms. The standard InChI is InChI=1S/C24H25NO10/c1-12(26)20(24(29)30)25-19(27)11-34-14-6-7-15-17(10-14)35-18(21(15)28)9-13-5-8-16(31-2)23(33-4)22(13)32-3/h5-10,12,20,26H,11H2,1-4H3,(H,25,27)(H,29,30)/b18-9-/t12?,20-/m1/s1. The van der Waals surface area contributed by atoms with Gasteiger partial charge in [0.15, 0.2) is 29.9 Å². The molecule has 1 aliphatic rings. The second-order valence-corrected chi connectivity index (χ2v) is 7.43. The van der Waals surface area contributed by atoms with Crippen LogP contribution in [0.1, 0.15) is 22.8 Å². The van der Waals surface area contributed by atoms with E-state index in [2.05, 4.69) is 5.32 Å². The predicted molar refractivity (Wildman–Crippen MR) is 122 cm³/mol. The second kappa shape index (κ2) is 10.8. The van der Waals surface area contributed by atoms with Crippen molar-refractivity contribution >= 4 is 23.7 Å². The summed E-state index contributed by atoms with van der Waals surface area (Å²) in [5.74, 6) is -0.793. The van der Waals surface area contributed by atoms with E-state index in [0.29, 0.717) is 28.4 Å². The number of aliphatic hydroxyl groups is 1. The Labute approximate surface area is 200 Å². The van der Waals surface area contributed by atoms with E-state index in [4.69, 9.17) is 28.8 Å². The highest BCUT2D eigenvalue weighted by Gasteiger charge is 2.29. The van der Waals surface area contributed by atoms with Gasteiger partial charge in [-0.1, -0.05) is 0 Å². The monoisotopic (exact) mass is 487 g/mol. The van der Waals surface area contributed by atoms with Crippen LogP contribution < -0.4 is 29.0 Å². The summed E-state index contributed by atoms with van der Waals surface area (Å²) in [6.07, 6.45) is 0.226. The summed E-state index contributed by atoms with van der Waals surface area (Å²) in [6.45, 7) is 0.742. The number of rotatable bonds is 10. The molecule has 2 aromatic carbocycles. The Balaban J connectivity index is 1.76. The smallest absolute Gasteiger partial charge is 0.328 e. The van der Waals surface area contributed by atoms with Gasteiger partial charge in [0.25, 0.3) is 5.91 Å². The van der Waals surface area contributed by atoms with Crippen LogP contribution in [-0.2, 0) is 9.59 Å². The summed E-state index contributed by atoms with van der Waals surface area (Å²) in [5.41, 5.74) is 0.827. The highest BCUT2D eigenvalue weighted by Crippen LogP contribution is 2.42. The first kappa shape index (κ1) is 25.4. The number of ether oxygens (including phenoxy) is 5. The Morgan fingerprint density at radius 2 is 1.80 bits per heavy atom. The third-order valence-corrected chi connectivity index (χ3v) is 5.10. The number of amides is 1. The largest absolute Gasteiger partial charge is 0.493 e. The quantitative estimate of drug-likeness (QED) is 0.422. The highest BCUT2D eigenvalue weighted by molar-refractivity contribution is 6.14. The Morgan fingerprint density at radius 3 is 2.40 bits per heavy atom. The van der Waals surface area contributed by atoms with Crippen LogP contribution in [-0.4, -0.2) is 68.0 Å². The molecule has 1 unspecified atom stereocenters. The molecule has 186 valence electrons. The van der Waals surface area contributed by atoms with Crippen molar-refractivity contribution in [2.24, 2.45) is 0 Å². The molecule has 35 heavy (non-hydrogen) atoms. The van der Waals surface area contributed by atoms with Crippen LogP contribution in [0.4, 0.5) is 0 Å². The van der Waals surface area contributed by atoms with Crippen molar-refractivity contribution in [3.63, 3.8) is 0 Å². The normalized spacial score (nSPS) is 15.0. The molecule has 1 heterocycles. The predicted octanol–water partition coefficient (Wildman–Crippen LogP) is 1.66. The molecule has 0 radical (unpaired) electrons. The van der Waals surface area contributed by atoms with E-state index in [0.717, 1.165) is 0 Å². The molecule has 11 nitrogen and oxygen atoms in total. The number of aliphatic hydroxyl groups excluding tert-OH is 1. The number of hydrogen-bond donors (Lipinski definition) is 3. The van der Waals surface area contributed by atoms with E-state index < -0.39 is 30.6 Å². The molecule has 0 saturated carbocycles. The number of aliphatic carboxylic acids is 1. The van der Waals surface area contributed by atoms with Gasteiger partial charge >= 0.3 is 5.97 Å². The summed E-state index contributed by atoms with van der Waals surface area (Å²) in [4.78, 5) is 35.9. The fourth-order valence-electron chi connectivity index (χ4n) is 3.39. The summed E-state index contributed by atoms with van der Waals surface area (Å²) in [6, 6.07) is 6.32. The van der Waals surface area contributed by atoms with Gasteiger partial charge in [0.2, 0.25) is 11.5 Å². The van der Waals surface area contributed by atoms with E-state index in [9.17, 15) is 19.5 Å². The fraction of sp³-hybridized carbons (Fsp3) is 0.292. The maximum atomic E-state index is 12.8. The lowest BCUT2D eigenvalue weighted by atomic mass is 10.1. The number of benzene rings is 2. The van der Waals surface area contributed by atoms with Crippen molar-refractivity contribution in [1.29, 1.82) is 0 Å². The zero-order valence-electron chi connectivity index (χ0n) is 19.5. The van der Waals surface area contributed by atoms with Gasteiger partial charge in [-0.3, -0.25) is 9.59 Å². The molecule has 3 rings (SSSR count). The van der Waals surface area contributed by atoms with Crippen LogP contribution in [0.15, 0.2) is 36.1 Å². The number of carbonyl (C=O) groups is 3. The van der Waals surface area contributed by atoms with Crippen molar-refractivity contribution in [1.82, 2.24) is 5.32 Å². The molecule has 2 atom stereocenters. The van der Waals surface area contributed by atoms with Gasteiger partial charge in [0, 0.05) is 11.6 Å². The van der Waals surface area contributed by atoms with Crippen molar-refractivity contribution in [3.05, 3.63) is 47.2 Å². The van der Waals surface area contributed by atoms with Crippen molar-refractivity contribution in [2.75, 3.05) is 27.9 Å². The molecule has 0 aromatic heterocycles. The van der Waals surface area contributed by atoms with Crippen LogP contribution in [0.2, 0.25) is 0 Å². The van der Waals surface area contributed by atoms with Gasteiger partial charge in [0.1, 0.15) is 11.5 Å². The molecule has 3 N–H and O–H groups in total. The van der Waals surface area contributed by atoms with E-state index in [-0.39, 0.29) is 23.0 Å². The lowest BCUT2D eigenvalue weighted by Gasteiger charge is -2.17. The van der Waals surface area contributed by atoms with E-state index in [1.165, 1.54) is 52.5 Å². The van der Waals surface area contributed by atoms with Gasteiger partial charge in [-0.25, -0.2) is 4.79 Å². The van der Waals surface area contributed by atoms with Crippen LogP contribution in [0.3, 0.4) is 0 Å². The van der Waals surface area contributed by atoms with Gasteiger partial charge in [-0.2, -0.15) is 0 Å². The molecule has 0 fully saturated rings. The van der Waals surface area contributed by atoms with E-state index >= 15 is 0 Å². The Bertz CT molecular complexity index is 1170. The van der Waals surface area contributed by atoms with Crippen LogP contribution in [0, 0.1) is 0 Å². The molecule has 0 spiro atoms. The number of carboxylic acids is 1. The maximum Gasteiger partial charge on any atom is 0.328 e. The Hall–Kier alpha value is -4.25. The Kier molecular flexibility index (Phi) is 7.82. The van der Waals surface area contributed by atoms with Gasteiger partial charge in [-0.15, -0.1) is 0 Å². The third-order valence-electron chi connectivity index (χ3n) is 5.10. The first-order valence-electron chi connectivity index (χ1n) is 10.4. The number of hydrogen-bond acceptors (Lipinski definition) is 9. The maximum absolute atomic E-state index is 12.8. The van der Waals surface area contributed by atoms with E-state index in [1.807, 2.05) is 0 Å². The average molecular weight is 487 g/mol. The number of fused-ring (bicyclic) bond motifs is 1. The Morgan fingerprint density at radius 1 is 1.09 bits per heavy atom. The van der Waals surface area contributed by atoms with Gasteiger partial charge < -0.3 is 39.2 Å². The van der Waals surface area contributed by atoms with Crippen molar-refractivity contribution in [3.8, 4) is 28.7 Å². The number of methoxy groups -OCH3 is 3. The summed E-state index contributed by atoms with van der Waals surface area (Å²) in [5, 5.41) is 20.7. The van der Waals surface area contributed by atoms with Crippen LogP contribution >= 0.6 is 0 Å². The zero-order valence-corrected chi connectivity index (χ0v) is 19.5. The van der Waals surface area contributed by atoms with Crippen molar-refractivity contribution in [2.45, 2.75) is 19.1 Å². The molecule has 0 aliphatic carbocycles. The first-order valence-corrected chi connectivity index (χ1v) is 10.4. The lowest BCUT2D eigenvalue weighted by Crippen LogP contribution is -2.49. The minimum atomic E-state index is -1.46. The molecule has 2 aromatic rings. The average Bonchev–Trinajstić information content (AvgIpc) is 3.14. The van der Waals surface area contributed by atoms with Gasteiger partial charge in [0.05, 0.1) is 33.0 Å². The number of allylic oxidation sites excluding steroid dienone is 1. The van der Waals surface area contributed by atoms with E-state index in [1.54, 1.807) is 12.1 Å². The minimum Gasteiger partial charge on any atom is -0.493 e. The summed E-state index contributed by atoms with van der Waals surface area (Å²) >= 11 is 0. The minimum absolute atomic E-state index is 0.0432. The number of carbonyl (C=O) groups excluding carboxylic acids is 2. The fourth-order valence-corrected chi connectivity index (χ4v) is 3.39. The zero-order chi connectivity index (χ0) is 25.7. The number of nitrogens with one attached hydrogen (secondary N) is 1. The summed E-state index contributed by atoms with van der Waals surface area (Å²) < 4.78 is 27.2. The molecule has 0 saturated heterocycles. The van der Waals surface area contributed by atoms with Crippen LogP contribution in [0.25, 0.3) is 6.08 Å². The molecule has 1 aliphatic heterocycles. The van der Waals surface area contributed by atoms with Crippen LogP contribution in [0.5, 0.6) is 28.7 Å². The lowest BCUT2D eigenvalue weighted by molar-refractivity contribution is -0.145. The van der Waals surface area contributed by atoms with Crippen molar-refractivity contribution < 1.29 is 48.3 Å². The second-order valence-electron chi connectivity index (χ2n) is 7.43. The van der Waals surface area contributed by atoms with Gasteiger partial charge in [-0.05, 0) is 37.3 Å². The highest BCUT2D eigenvalue weighted by atomic mass is 16.5. The molecular weight excluding hydrogens is 462 g/mol. The number of carboxylic acid groups (broad SMARTS) is 1. The molecular formula is C24H25NO10. The topological polar surface area (TPSA) is 150 Å². The molecule has 1 amide bonds. The third kappa shape index (κ3) is 5.46.